The fourth-order valence-electron chi connectivity index (χ4n) is 2.16. The van der Waals surface area contributed by atoms with E-state index in [-0.39, 0.29) is 23.4 Å². The maximum atomic E-state index is 12.5. The quantitative estimate of drug-likeness (QED) is 0.792. The molecule has 0 unspecified atom stereocenters. The number of hydrogen-bond acceptors (Lipinski definition) is 4. The summed E-state index contributed by atoms with van der Waals surface area (Å²) in [7, 11) is -2.15. The molecule has 0 aliphatic carbocycles. The number of carbonyl (C=O) groups is 1. The van der Waals surface area contributed by atoms with Gasteiger partial charge in [-0.15, -0.1) is 0 Å². The normalized spacial score (nSPS) is 11.4. The van der Waals surface area contributed by atoms with Gasteiger partial charge in [-0.05, 0) is 49.7 Å². The number of hydrogen-bond donors (Lipinski definition) is 2. The summed E-state index contributed by atoms with van der Waals surface area (Å²) in [5.41, 5.74) is 1.11. The van der Waals surface area contributed by atoms with Crippen LogP contribution in [0.15, 0.2) is 53.4 Å². The van der Waals surface area contributed by atoms with Crippen LogP contribution in [0.3, 0.4) is 0 Å². The molecule has 1 amide bonds. The molecule has 0 heterocycles. The number of methoxy groups -OCH3 is 1. The first kappa shape index (κ1) is 19.0. The molecule has 2 aromatic rings. The van der Waals surface area contributed by atoms with E-state index in [0.717, 1.165) is 5.56 Å². The van der Waals surface area contributed by atoms with Crippen LogP contribution in [0.2, 0.25) is 0 Å². The molecule has 6 nitrogen and oxygen atoms in total. The fraction of sp³-hybridized carbons (Fsp3) is 0.278. The third-order valence-corrected chi connectivity index (χ3v) is 4.85. The highest BCUT2D eigenvalue weighted by Crippen LogP contribution is 2.14. The average molecular weight is 362 g/mol. The highest BCUT2D eigenvalue weighted by Gasteiger charge is 2.16. The summed E-state index contributed by atoms with van der Waals surface area (Å²) >= 11 is 0. The Labute approximate surface area is 148 Å². The Balaban J connectivity index is 2.11. The van der Waals surface area contributed by atoms with Gasteiger partial charge in [0.05, 0.1) is 12.0 Å². The second kappa shape index (κ2) is 8.13. The van der Waals surface area contributed by atoms with Gasteiger partial charge in [-0.1, -0.05) is 18.2 Å². The Kier molecular flexibility index (Phi) is 6.17. The van der Waals surface area contributed by atoms with Crippen molar-refractivity contribution in [2.75, 3.05) is 7.11 Å². The van der Waals surface area contributed by atoms with Gasteiger partial charge in [0.1, 0.15) is 5.75 Å². The largest absolute Gasteiger partial charge is 0.497 e. The summed E-state index contributed by atoms with van der Waals surface area (Å²) in [6.45, 7) is 3.83. The summed E-state index contributed by atoms with van der Waals surface area (Å²) < 4.78 is 32.5. The van der Waals surface area contributed by atoms with Crippen LogP contribution in [0.25, 0.3) is 0 Å². The number of ether oxygens (including phenoxy) is 1. The van der Waals surface area contributed by atoms with Gasteiger partial charge >= 0.3 is 0 Å². The van der Waals surface area contributed by atoms with Crippen molar-refractivity contribution in [1.82, 2.24) is 10.0 Å². The minimum absolute atomic E-state index is 0.0269. The summed E-state index contributed by atoms with van der Waals surface area (Å²) in [5, 5.41) is 2.74. The van der Waals surface area contributed by atoms with Crippen molar-refractivity contribution in [3.8, 4) is 5.75 Å². The molecule has 134 valence electrons. The molecule has 0 aliphatic heterocycles. The lowest BCUT2D eigenvalue weighted by Crippen LogP contribution is -2.30. The van der Waals surface area contributed by atoms with Crippen molar-refractivity contribution in [2.24, 2.45) is 0 Å². The molecule has 0 spiro atoms. The number of benzene rings is 2. The zero-order valence-electron chi connectivity index (χ0n) is 14.4. The van der Waals surface area contributed by atoms with Gasteiger partial charge in [0.15, 0.2) is 0 Å². The smallest absolute Gasteiger partial charge is 0.251 e. The summed E-state index contributed by atoms with van der Waals surface area (Å²) in [6, 6.07) is 13.0. The molecular weight excluding hydrogens is 340 g/mol. The SMILES string of the molecule is COc1ccc(CNS(=O)(=O)c2cccc(C(=O)NC(C)C)c2)cc1. The summed E-state index contributed by atoms with van der Waals surface area (Å²) in [4.78, 5) is 12.1. The molecule has 0 bridgehead atoms. The van der Waals surface area contributed by atoms with E-state index in [1.165, 1.54) is 12.1 Å². The van der Waals surface area contributed by atoms with E-state index in [4.69, 9.17) is 4.74 Å². The zero-order valence-corrected chi connectivity index (χ0v) is 15.3. The van der Waals surface area contributed by atoms with Crippen molar-refractivity contribution in [1.29, 1.82) is 0 Å². The Bertz CT molecular complexity index is 830. The number of rotatable bonds is 7. The van der Waals surface area contributed by atoms with Gasteiger partial charge < -0.3 is 10.1 Å². The minimum Gasteiger partial charge on any atom is -0.497 e. The van der Waals surface area contributed by atoms with Gasteiger partial charge in [0.2, 0.25) is 10.0 Å². The van der Waals surface area contributed by atoms with Crippen LogP contribution < -0.4 is 14.8 Å². The molecule has 0 radical (unpaired) electrons. The van der Waals surface area contributed by atoms with Crippen molar-refractivity contribution >= 4 is 15.9 Å². The second-order valence-electron chi connectivity index (χ2n) is 5.83. The second-order valence-corrected chi connectivity index (χ2v) is 7.60. The van der Waals surface area contributed by atoms with Gasteiger partial charge in [-0.3, -0.25) is 4.79 Å². The van der Waals surface area contributed by atoms with Crippen LogP contribution in [0.1, 0.15) is 29.8 Å². The molecule has 0 atom stereocenters. The summed E-state index contributed by atoms with van der Waals surface area (Å²) in [5.74, 6) is 0.401. The van der Waals surface area contributed by atoms with Gasteiger partial charge in [0, 0.05) is 18.2 Å². The Hall–Kier alpha value is -2.38. The standard InChI is InChI=1S/C18H22N2O4S/c1-13(2)20-18(21)15-5-4-6-17(11-15)25(22,23)19-12-14-7-9-16(24-3)10-8-14/h4-11,13,19H,12H2,1-3H3,(H,20,21). The summed E-state index contributed by atoms with van der Waals surface area (Å²) in [6.07, 6.45) is 0. The predicted octanol–water partition coefficient (Wildman–Crippen LogP) is 2.31. The van der Waals surface area contributed by atoms with Gasteiger partial charge in [-0.25, -0.2) is 13.1 Å². The number of amides is 1. The van der Waals surface area contributed by atoms with Crippen LogP contribution in [0.4, 0.5) is 0 Å². The van der Waals surface area contributed by atoms with Crippen LogP contribution in [0.5, 0.6) is 5.75 Å². The lowest BCUT2D eigenvalue weighted by Gasteiger charge is -2.11. The topological polar surface area (TPSA) is 84.5 Å². The van der Waals surface area contributed by atoms with Crippen LogP contribution in [0, 0.1) is 0 Å². The Morgan fingerprint density at radius 1 is 1.12 bits per heavy atom. The third kappa shape index (κ3) is 5.30. The molecular formula is C18H22N2O4S. The first-order valence-electron chi connectivity index (χ1n) is 7.85. The first-order valence-corrected chi connectivity index (χ1v) is 9.33. The maximum Gasteiger partial charge on any atom is 0.251 e. The molecule has 2 N–H and O–H groups in total. The Morgan fingerprint density at radius 2 is 1.80 bits per heavy atom. The predicted molar refractivity (Wildman–Crippen MR) is 96.1 cm³/mol. The lowest BCUT2D eigenvalue weighted by molar-refractivity contribution is 0.0943. The maximum absolute atomic E-state index is 12.5. The molecule has 25 heavy (non-hydrogen) atoms. The van der Waals surface area contributed by atoms with Crippen molar-refractivity contribution < 1.29 is 17.9 Å². The molecule has 0 saturated carbocycles. The van der Waals surface area contributed by atoms with E-state index in [2.05, 4.69) is 10.0 Å². The van der Waals surface area contributed by atoms with Crippen molar-refractivity contribution in [3.63, 3.8) is 0 Å². The fourth-order valence-corrected chi connectivity index (χ4v) is 3.22. The van der Waals surface area contributed by atoms with E-state index < -0.39 is 10.0 Å². The average Bonchev–Trinajstić information content (AvgIpc) is 2.60. The Morgan fingerprint density at radius 3 is 2.40 bits per heavy atom. The van der Waals surface area contributed by atoms with E-state index in [9.17, 15) is 13.2 Å². The molecule has 0 aromatic heterocycles. The van der Waals surface area contributed by atoms with Crippen LogP contribution >= 0.6 is 0 Å². The molecule has 0 saturated heterocycles. The minimum atomic E-state index is -3.72. The lowest BCUT2D eigenvalue weighted by atomic mass is 10.2. The van der Waals surface area contributed by atoms with Crippen molar-refractivity contribution in [3.05, 3.63) is 59.7 Å². The van der Waals surface area contributed by atoms with Gasteiger partial charge in [0.25, 0.3) is 5.91 Å². The number of nitrogens with one attached hydrogen (secondary N) is 2. The monoisotopic (exact) mass is 362 g/mol. The van der Waals surface area contributed by atoms with Crippen molar-refractivity contribution in [2.45, 2.75) is 31.3 Å². The highest BCUT2D eigenvalue weighted by atomic mass is 32.2. The third-order valence-electron chi connectivity index (χ3n) is 3.45. The molecule has 0 aliphatic rings. The van der Waals surface area contributed by atoms with E-state index in [1.54, 1.807) is 43.5 Å². The van der Waals surface area contributed by atoms with Crippen LogP contribution in [-0.2, 0) is 16.6 Å². The molecule has 0 fully saturated rings. The van der Waals surface area contributed by atoms with Crippen LogP contribution in [-0.4, -0.2) is 27.5 Å². The molecule has 7 heteroatoms. The van der Waals surface area contributed by atoms with Gasteiger partial charge in [-0.2, -0.15) is 0 Å². The van der Waals surface area contributed by atoms with E-state index in [1.807, 2.05) is 13.8 Å². The number of carbonyl (C=O) groups excluding carboxylic acids is 1. The van der Waals surface area contributed by atoms with E-state index in [0.29, 0.717) is 11.3 Å². The first-order chi connectivity index (χ1) is 11.8. The highest BCUT2D eigenvalue weighted by molar-refractivity contribution is 7.89. The van der Waals surface area contributed by atoms with E-state index >= 15 is 0 Å². The number of sulfonamides is 1. The molecule has 2 rings (SSSR count). The molecule has 2 aromatic carbocycles. The zero-order chi connectivity index (χ0) is 18.4.